The lowest BCUT2D eigenvalue weighted by Gasteiger charge is -2.31. The van der Waals surface area contributed by atoms with Crippen molar-refractivity contribution in [2.75, 3.05) is 12.8 Å². The Hall–Kier alpha value is -1.02. The highest BCUT2D eigenvalue weighted by molar-refractivity contribution is 5.47. The first-order valence-corrected chi connectivity index (χ1v) is 6.72. The Morgan fingerprint density at radius 3 is 2.59 bits per heavy atom. The van der Waals surface area contributed by atoms with Crippen molar-refractivity contribution in [3.05, 3.63) is 29.3 Å². The minimum atomic E-state index is 0.779. The van der Waals surface area contributed by atoms with Crippen LogP contribution in [-0.2, 0) is 6.54 Å². The second kappa shape index (κ2) is 5.54. The summed E-state index contributed by atoms with van der Waals surface area (Å²) in [7, 11) is 2.25. The van der Waals surface area contributed by atoms with Crippen molar-refractivity contribution in [3.8, 4) is 0 Å². The molecular formula is C15H24N2. The summed E-state index contributed by atoms with van der Waals surface area (Å²) in [5.41, 5.74) is 9.32. The smallest absolute Gasteiger partial charge is 0.0343 e. The highest BCUT2D eigenvalue weighted by atomic mass is 15.1. The fraction of sp³-hybridized carbons (Fsp3) is 0.600. The Kier molecular flexibility index (Phi) is 4.06. The third-order valence-electron chi connectivity index (χ3n) is 3.96. The maximum absolute atomic E-state index is 5.85. The maximum Gasteiger partial charge on any atom is 0.0343 e. The van der Waals surface area contributed by atoms with Crippen molar-refractivity contribution in [1.82, 2.24) is 4.90 Å². The Labute approximate surface area is 105 Å². The van der Waals surface area contributed by atoms with Crippen LogP contribution in [0.1, 0.15) is 43.2 Å². The van der Waals surface area contributed by atoms with E-state index in [0.717, 1.165) is 18.3 Å². The number of hydrogen-bond donors (Lipinski definition) is 1. The summed E-state index contributed by atoms with van der Waals surface area (Å²) in [5.74, 6) is 0. The van der Waals surface area contributed by atoms with Crippen LogP contribution in [0, 0.1) is 6.92 Å². The number of rotatable bonds is 3. The van der Waals surface area contributed by atoms with Crippen LogP contribution < -0.4 is 5.73 Å². The van der Waals surface area contributed by atoms with E-state index in [-0.39, 0.29) is 0 Å². The van der Waals surface area contributed by atoms with Crippen LogP contribution in [0.4, 0.5) is 5.69 Å². The molecule has 2 nitrogen and oxygen atoms in total. The van der Waals surface area contributed by atoms with Crippen molar-refractivity contribution in [2.24, 2.45) is 0 Å². The molecule has 94 valence electrons. The van der Waals surface area contributed by atoms with Crippen LogP contribution in [0.25, 0.3) is 0 Å². The molecule has 1 aliphatic rings. The molecule has 0 bridgehead atoms. The normalized spacial score (nSPS) is 17.6. The Morgan fingerprint density at radius 2 is 1.94 bits per heavy atom. The third kappa shape index (κ3) is 3.22. The zero-order chi connectivity index (χ0) is 12.3. The van der Waals surface area contributed by atoms with Gasteiger partial charge < -0.3 is 5.73 Å². The predicted molar refractivity (Wildman–Crippen MR) is 73.9 cm³/mol. The number of hydrogen-bond acceptors (Lipinski definition) is 2. The Balaban J connectivity index is 1.96. The fourth-order valence-corrected chi connectivity index (χ4v) is 2.78. The van der Waals surface area contributed by atoms with Gasteiger partial charge in [-0.2, -0.15) is 0 Å². The molecule has 0 radical (unpaired) electrons. The topological polar surface area (TPSA) is 29.3 Å². The van der Waals surface area contributed by atoms with Gasteiger partial charge in [-0.3, -0.25) is 4.90 Å². The molecule has 1 fully saturated rings. The van der Waals surface area contributed by atoms with Gasteiger partial charge in [-0.1, -0.05) is 31.4 Å². The van der Waals surface area contributed by atoms with Gasteiger partial charge in [-0.15, -0.1) is 0 Å². The van der Waals surface area contributed by atoms with Gasteiger partial charge in [0.25, 0.3) is 0 Å². The lowest BCUT2D eigenvalue weighted by atomic mass is 9.94. The molecule has 1 saturated carbocycles. The molecule has 0 unspecified atom stereocenters. The van der Waals surface area contributed by atoms with E-state index in [2.05, 4.69) is 31.0 Å². The summed E-state index contributed by atoms with van der Waals surface area (Å²) in [6.45, 7) is 3.13. The van der Waals surface area contributed by atoms with Crippen LogP contribution in [-0.4, -0.2) is 18.0 Å². The summed E-state index contributed by atoms with van der Waals surface area (Å²) in [6, 6.07) is 7.18. The zero-order valence-corrected chi connectivity index (χ0v) is 11.1. The number of benzene rings is 1. The number of anilines is 1. The van der Waals surface area contributed by atoms with Gasteiger partial charge in [-0.25, -0.2) is 0 Å². The highest BCUT2D eigenvalue weighted by Crippen LogP contribution is 2.23. The molecule has 1 aromatic carbocycles. The molecule has 2 N–H and O–H groups in total. The molecule has 0 aliphatic heterocycles. The fourth-order valence-electron chi connectivity index (χ4n) is 2.78. The minimum absolute atomic E-state index is 0.779. The van der Waals surface area contributed by atoms with E-state index >= 15 is 0 Å². The first-order valence-electron chi connectivity index (χ1n) is 6.72. The zero-order valence-electron chi connectivity index (χ0n) is 11.1. The predicted octanol–water partition coefficient (Wildman–Crippen LogP) is 3.34. The molecule has 17 heavy (non-hydrogen) atoms. The second-order valence-corrected chi connectivity index (χ2v) is 5.40. The standard InChI is InChI=1S/C15H24N2/c1-12-10-13(8-9-15(12)16)11-17(2)14-6-4-3-5-7-14/h8-10,14H,3-7,11,16H2,1-2H3. The average Bonchev–Trinajstić information content (AvgIpc) is 2.35. The molecule has 0 heterocycles. The molecule has 1 aliphatic carbocycles. The number of aryl methyl sites for hydroxylation is 1. The van der Waals surface area contributed by atoms with Crippen molar-refractivity contribution < 1.29 is 0 Å². The summed E-state index contributed by atoms with van der Waals surface area (Å²) < 4.78 is 0. The maximum atomic E-state index is 5.85. The van der Waals surface area contributed by atoms with Crippen molar-refractivity contribution in [1.29, 1.82) is 0 Å². The molecule has 2 heteroatoms. The van der Waals surface area contributed by atoms with E-state index in [4.69, 9.17) is 5.73 Å². The van der Waals surface area contributed by atoms with Crippen molar-refractivity contribution in [3.63, 3.8) is 0 Å². The van der Waals surface area contributed by atoms with Crippen molar-refractivity contribution in [2.45, 2.75) is 51.6 Å². The average molecular weight is 232 g/mol. The molecule has 1 aromatic rings. The van der Waals surface area contributed by atoms with Gasteiger partial charge in [0.05, 0.1) is 0 Å². The molecule has 0 amide bonds. The third-order valence-corrected chi connectivity index (χ3v) is 3.96. The Bertz CT molecular complexity index is 367. The van der Waals surface area contributed by atoms with E-state index in [9.17, 15) is 0 Å². The monoisotopic (exact) mass is 232 g/mol. The van der Waals surface area contributed by atoms with E-state index < -0.39 is 0 Å². The summed E-state index contributed by atoms with van der Waals surface area (Å²) in [4.78, 5) is 2.50. The highest BCUT2D eigenvalue weighted by Gasteiger charge is 2.17. The van der Waals surface area contributed by atoms with E-state index in [1.165, 1.54) is 43.2 Å². The SMILES string of the molecule is Cc1cc(CN(C)C2CCCCC2)ccc1N. The van der Waals surface area contributed by atoms with Crippen LogP contribution in [0.2, 0.25) is 0 Å². The van der Waals surface area contributed by atoms with Gasteiger partial charge in [-0.05, 0) is 44.0 Å². The van der Waals surface area contributed by atoms with Gasteiger partial charge in [0.15, 0.2) is 0 Å². The summed E-state index contributed by atoms with van der Waals surface area (Å²) >= 11 is 0. The summed E-state index contributed by atoms with van der Waals surface area (Å²) in [5, 5.41) is 0. The van der Waals surface area contributed by atoms with Crippen molar-refractivity contribution >= 4 is 5.69 Å². The lowest BCUT2D eigenvalue weighted by molar-refractivity contribution is 0.184. The van der Waals surface area contributed by atoms with Crippen LogP contribution in [0.5, 0.6) is 0 Å². The van der Waals surface area contributed by atoms with Crippen LogP contribution >= 0.6 is 0 Å². The Morgan fingerprint density at radius 1 is 1.24 bits per heavy atom. The van der Waals surface area contributed by atoms with E-state index in [1.807, 2.05) is 6.07 Å². The first kappa shape index (κ1) is 12.4. The summed E-state index contributed by atoms with van der Waals surface area (Å²) in [6.07, 6.45) is 6.95. The second-order valence-electron chi connectivity index (χ2n) is 5.40. The van der Waals surface area contributed by atoms with E-state index in [1.54, 1.807) is 0 Å². The largest absolute Gasteiger partial charge is 0.399 e. The minimum Gasteiger partial charge on any atom is -0.399 e. The molecular weight excluding hydrogens is 208 g/mol. The number of nitrogens with zero attached hydrogens (tertiary/aromatic N) is 1. The van der Waals surface area contributed by atoms with Gasteiger partial charge in [0.2, 0.25) is 0 Å². The van der Waals surface area contributed by atoms with Gasteiger partial charge in [0.1, 0.15) is 0 Å². The first-order chi connectivity index (χ1) is 8.16. The molecule has 2 rings (SSSR count). The molecule has 0 atom stereocenters. The quantitative estimate of drug-likeness (QED) is 0.810. The number of nitrogens with two attached hydrogens (primary N) is 1. The van der Waals surface area contributed by atoms with Gasteiger partial charge in [0, 0.05) is 18.3 Å². The van der Waals surface area contributed by atoms with Crippen LogP contribution in [0.3, 0.4) is 0 Å². The van der Waals surface area contributed by atoms with Gasteiger partial charge >= 0.3 is 0 Å². The molecule has 0 aromatic heterocycles. The molecule has 0 saturated heterocycles. The lowest BCUT2D eigenvalue weighted by Crippen LogP contribution is -2.32. The number of nitrogen functional groups attached to an aromatic ring is 1. The van der Waals surface area contributed by atoms with Crippen LogP contribution in [0.15, 0.2) is 18.2 Å². The van der Waals surface area contributed by atoms with E-state index in [0.29, 0.717) is 0 Å². The molecule has 0 spiro atoms.